The van der Waals surface area contributed by atoms with E-state index in [4.69, 9.17) is 9.72 Å². The van der Waals surface area contributed by atoms with E-state index in [-0.39, 0.29) is 10.8 Å². The van der Waals surface area contributed by atoms with E-state index in [1.807, 2.05) is 0 Å². The molecule has 2 aromatic heterocycles. The van der Waals surface area contributed by atoms with Crippen molar-refractivity contribution in [3.05, 3.63) is 204 Å². The van der Waals surface area contributed by atoms with Crippen LogP contribution >= 0.6 is 11.3 Å². The number of ether oxygens (including phenoxy) is 1. The van der Waals surface area contributed by atoms with Gasteiger partial charge in [-0.3, -0.25) is 4.40 Å². The molecule has 0 N–H and O–H groups in total. The molecule has 2 saturated carbocycles. The van der Waals surface area contributed by atoms with Crippen LogP contribution < -0.4 is 25.5 Å². The number of para-hydroxylation sites is 4. The monoisotopic (exact) mass is 946 g/mol. The van der Waals surface area contributed by atoms with Crippen molar-refractivity contribution in [1.29, 1.82) is 0 Å². The van der Waals surface area contributed by atoms with Crippen LogP contribution in [-0.4, -0.2) is 17.5 Å². The van der Waals surface area contributed by atoms with Gasteiger partial charge in [-0.15, -0.1) is 0 Å². The van der Waals surface area contributed by atoms with E-state index in [0.717, 1.165) is 112 Å². The van der Waals surface area contributed by atoms with E-state index in [2.05, 4.69) is 214 Å². The third-order valence-electron chi connectivity index (χ3n) is 17.1. The van der Waals surface area contributed by atoms with Crippen molar-refractivity contribution in [3.63, 3.8) is 0 Å². The Balaban J connectivity index is 1.08. The van der Waals surface area contributed by atoms with E-state index >= 15 is 0 Å². The van der Waals surface area contributed by atoms with Crippen molar-refractivity contribution < 1.29 is 7.48 Å². The minimum absolute atomic E-state index is 0.222. The van der Waals surface area contributed by atoms with E-state index in [9.17, 15) is 2.74 Å². The second kappa shape index (κ2) is 16.8. The van der Waals surface area contributed by atoms with Gasteiger partial charge in [0.2, 0.25) is 0 Å². The molecule has 3 aliphatic rings. The Kier molecular flexibility index (Phi) is 9.91. The number of imidazole rings is 1. The average molecular weight is 947 g/mol. The molecule has 5 heteroatoms. The predicted octanol–water partition coefficient (Wildman–Crippen LogP) is 15.1. The van der Waals surface area contributed by atoms with Gasteiger partial charge >= 0.3 is 0 Å². The Morgan fingerprint density at radius 3 is 1.69 bits per heavy atom. The average Bonchev–Trinajstić information content (AvgIpc) is 4.22. The van der Waals surface area contributed by atoms with E-state index in [0.29, 0.717) is 0 Å². The summed E-state index contributed by atoms with van der Waals surface area (Å²) in [6, 6.07) is 67.3. The number of benzene rings is 8. The molecule has 0 atom stereocenters. The maximum Gasteiger partial charge on any atom is 0.195 e. The zero-order chi connectivity index (χ0) is 49.0. The van der Waals surface area contributed by atoms with Crippen LogP contribution in [0.5, 0.6) is 11.5 Å². The van der Waals surface area contributed by atoms with Crippen molar-refractivity contribution in [3.8, 4) is 33.8 Å². The molecule has 0 spiro atoms. The first kappa shape index (κ1) is 41.3. The molecule has 346 valence electrons. The summed E-state index contributed by atoms with van der Waals surface area (Å²) in [6.45, 7) is 9.42. The molecule has 3 nitrogen and oxygen atoms in total. The molecule has 8 aromatic carbocycles. The van der Waals surface area contributed by atoms with E-state index < -0.39 is 19.9 Å². The van der Waals surface area contributed by atoms with Crippen molar-refractivity contribution >= 4 is 66.4 Å². The van der Waals surface area contributed by atoms with Gasteiger partial charge < -0.3 is 4.74 Å². The highest BCUT2D eigenvalue weighted by molar-refractivity contribution is 7.24. The number of hydrogen-bond acceptors (Lipinski definition) is 3. The lowest BCUT2D eigenvalue weighted by Crippen LogP contribution is -2.74. The van der Waals surface area contributed by atoms with Gasteiger partial charge in [-0.25, -0.2) is 4.98 Å². The molecule has 0 unspecified atom stereocenters. The molecule has 2 fully saturated rings. The molecule has 2 aliphatic carbocycles. The highest BCUT2D eigenvalue weighted by atomic mass is 32.1. The Hall–Kier alpha value is -6.53. The van der Waals surface area contributed by atoms with Crippen molar-refractivity contribution in [2.45, 2.75) is 102 Å². The molecule has 0 amide bonds. The number of aromatic nitrogens is 2. The van der Waals surface area contributed by atoms with Gasteiger partial charge in [-0.2, -0.15) is 0 Å². The van der Waals surface area contributed by atoms with Crippen molar-refractivity contribution in [2.24, 2.45) is 0 Å². The zero-order valence-electron chi connectivity index (χ0n) is 42.7. The van der Waals surface area contributed by atoms with Crippen LogP contribution in [0.25, 0.3) is 48.5 Å². The maximum atomic E-state index is 10.5. The first-order chi connectivity index (χ1) is 34.9. The molecule has 0 saturated heterocycles. The van der Waals surface area contributed by atoms with Gasteiger partial charge in [0.25, 0.3) is 0 Å². The Morgan fingerprint density at radius 1 is 0.514 bits per heavy atom. The highest BCUT2D eigenvalue weighted by Crippen LogP contribution is 2.56. The molecular weight excluding hydrogens is 885 g/mol. The summed E-state index contributed by atoms with van der Waals surface area (Å²) in [7, 11) is -3.21. The van der Waals surface area contributed by atoms with E-state index in [1.165, 1.54) is 42.1 Å². The fourth-order valence-corrected chi connectivity index (χ4v) is 18.7. The number of hydrogen-bond donors (Lipinski definition) is 0. The summed E-state index contributed by atoms with van der Waals surface area (Å²) in [5, 5.41) is 5.09. The lowest BCUT2D eigenvalue weighted by molar-refractivity contribution is 0.306. The summed E-state index contributed by atoms with van der Waals surface area (Å²) >= 11 is 1.75. The first-order valence-electron chi connectivity index (χ1n) is 26.5. The molecule has 13 rings (SSSR count). The van der Waals surface area contributed by atoms with E-state index in [1.54, 1.807) is 11.3 Å². The normalized spacial score (nSPS) is 18.2. The number of thiazole rings is 1. The number of fused-ring (bicyclic) bond motifs is 7. The third-order valence-corrected chi connectivity index (χ3v) is 22.9. The Bertz CT molecular complexity index is 3690. The third kappa shape index (κ3) is 6.60. The van der Waals surface area contributed by atoms with Crippen LogP contribution in [0.3, 0.4) is 0 Å². The molecular formula is C65H60N2OSSi. The molecule has 10 aromatic rings. The SMILES string of the molecule is [2H]C1(c2cc([Si](c3ccccc3)(c3ccccc3)c3ccc(-c4cccc5c4sc4nc6ccccc6n45)c(C4([2H])CCCC4)c3)ccc2-c2cccc3c2Oc2ccccc2C(C)(C)C3(C)C)CCCC1. The van der Waals surface area contributed by atoms with Gasteiger partial charge in [0.1, 0.15) is 11.5 Å². The van der Waals surface area contributed by atoms with Gasteiger partial charge in [-0.05, 0) is 105 Å². The summed E-state index contributed by atoms with van der Waals surface area (Å²) in [4.78, 5) is 6.08. The maximum absolute atomic E-state index is 10.5. The molecule has 70 heavy (non-hydrogen) atoms. The lowest BCUT2D eigenvalue weighted by Gasteiger charge is -2.41. The number of nitrogens with zero attached hydrogens (tertiary/aromatic N) is 2. The van der Waals surface area contributed by atoms with Crippen LogP contribution in [-0.2, 0) is 10.8 Å². The lowest BCUT2D eigenvalue weighted by atomic mass is 9.61. The molecule has 0 radical (unpaired) electrons. The van der Waals surface area contributed by atoms with Crippen LogP contribution in [0.2, 0.25) is 0 Å². The van der Waals surface area contributed by atoms with Crippen LogP contribution in [0.1, 0.15) is 116 Å². The first-order valence-corrected chi connectivity index (χ1v) is 28.4. The molecule has 3 heterocycles. The smallest absolute Gasteiger partial charge is 0.195 e. The van der Waals surface area contributed by atoms with Gasteiger partial charge in [0.15, 0.2) is 13.0 Å². The second-order valence-corrected chi connectivity index (χ2v) is 25.9. The second-order valence-electron chi connectivity index (χ2n) is 21.1. The zero-order valence-corrected chi connectivity index (χ0v) is 42.5. The van der Waals surface area contributed by atoms with Crippen molar-refractivity contribution in [2.75, 3.05) is 0 Å². The Morgan fingerprint density at radius 2 is 1.03 bits per heavy atom. The number of rotatable bonds is 8. The quantitative estimate of drug-likeness (QED) is 0.112. The van der Waals surface area contributed by atoms with Crippen LogP contribution in [0, 0.1) is 0 Å². The Labute approximate surface area is 420 Å². The topological polar surface area (TPSA) is 26.5 Å². The minimum Gasteiger partial charge on any atom is -0.456 e. The largest absolute Gasteiger partial charge is 0.456 e. The van der Waals surface area contributed by atoms with Crippen LogP contribution in [0.15, 0.2) is 182 Å². The minimum atomic E-state index is -3.21. The fraction of sp³-hybridized carbons (Fsp3) is 0.246. The fourth-order valence-electron chi connectivity index (χ4n) is 12.8. The standard InChI is InChI=1S/C65H60N2OSSi/c1-64(2)55-31-15-18-36-60(55)68-61-51(29-19-32-56(61)65(64,3)4)49-39-37-47(41-53(49)43-21-11-12-22-43)70(45-25-7-5-8-26-45,46-27-9-6-10-28-46)48-38-40-50(54(42-48)44-23-13-14-24-44)52-30-20-35-59-62(52)69-63-66-57-33-16-17-34-58(57)67(59)63/h5-10,15-20,25-44H,11-14,21-24H2,1-4H3/i43D,44D. The molecule has 1 aliphatic heterocycles. The molecule has 0 bridgehead atoms. The summed E-state index contributed by atoms with van der Waals surface area (Å²) in [5.41, 5.74) is 11.8. The summed E-state index contributed by atoms with van der Waals surface area (Å²) < 4.78 is 31.7. The van der Waals surface area contributed by atoms with Crippen molar-refractivity contribution in [1.82, 2.24) is 9.38 Å². The van der Waals surface area contributed by atoms with Gasteiger partial charge in [0, 0.05) is 35.8 Å². The predicted molar refractivity (Wildman–Crippen MR) is 298 cm³/mol. The van der Waals surface area contributed by atoms with Gasteiger partial charge in [-0.1, -0.05) is 222 Å². The van der Waals surface area contributed by atoms with Gasteiger partial charge in [0.05, 0.1) is 21.3 Å². The van der Waals surface area contributed by atoms with Crippen LogP contribution in [0.4, 0.5) is 0 Å². The summed E-state index contributed by atoms with van der Waals surface area (Å²) in [6.07, 6.45) is 7.40. The summed E-state index contributed by atoms with van der Waals surface area (Å²) in [5.74, 6) is 0.258. The highest BCUT2D eigenvalue weighted by Gasteiger charge is 2.47.